The van der Waals surface area contributed by atoms with Crippen molar-refractivity contribution in [3.63, 3.8) is 0 Å². The molecule has 0 spiro atoms. The lowest BCUT2D eigenvalue weighted by atomic mass is 10.2. The number of aromatic nitrogens is 7. The Balaban J connectivity index is 1.54. The maximum absolute atomic E-state index is 4.88. The van der Waals surface area contributed by atoms with Crippen LogP contribution in [0.5, 0.6) is 0 Å². The van der Waals surface area contributed by atoms with E-state index in [9.17, 15) is 0 Å². The predicted molar refractivity (Wildman–Crippen MR) is 111 cm³/mol. The summed E-state index contributed by atoms with van der Waals surface area (Å²) in [6, 6.07) is 16.0. The van der Waals surface area contributed by atoms with E-state index in [0.29, 0.717) is 18.9 Å². The summed E-state index contributed by atoms with van der Waals surface area (Å²) in [4.78, 5) is 11.8. The van der Waals surface area contributed by atoms with Crippen molar-refractivity contribution >= 4 is 27.8 Å². The highest BCUT2D eigenvalue weighted by Crippen LogP contribution is 2.24. The number of para-hydroxylation sites is 2. The molecular formula is C21H20N8. The van der Waals surface area contributed by atoms with Gasteiger partial charge >= 0.3 is 0 Å². The van der Waals surface area contributed by atoms with Crippen LogP contribution in [0.2, 0.25) is 0 Å². The molecule has 0 aliphatic rings. The lowest BCUT2D eigenvalue weighted by molar-refractivity contribution is 0.644. The molecule has 5 aromatic rings. The molecule has 8 heteroatoms. The van der Waals surface area contributed by atoms with E-state index in [1.54, 1.807) is 0 Å². The Hall–Kier alpha value is -3.81. The fourth-order valence-electron chi connectivity index (χ4n) is 3.54. The van der Waals surface area contributed by atoms with Crippen molar-refractivity contribution < 1.29 is 0 Å². The Morgan fingerprint density at radius 2 is 1.76 bits per heavy atom. The first-order valence-electron chi connectivity index (χ1n) is 9.40. The van der Waals surface area contributed by atoms with Crippen LogP contribution >= 0.6 is 0 Å². The molecule has 29 heavy (non-hydrogen) atoms. The molecule has 0 aliphatic carbocycles. The van der Waals surface area contributed by atoms with Gasteiger partial charge < -0.3 is 4.90 Å². The molecule has 5 rings (SSSR count). The van der Waals surface area contributed by atoms with Gasteiger partial charge in [0.15, 0.2) is 5.82 Å². The van der Waals surface area contributed by atoms with Crippen LogP contribution in [0.1, 0.15) is 11.4 Å². The summed E-state index contributed by atoms with van der Waals surface area (Å²) < 4.78 is 3.65. The third-order valence-corrected chi connectivity index (χ3v) is 4.88. The SMILES string of the molecule is CN(Cc1cnn(C)c1)c1nc(Cn2nnc3ccccc32)nc2ccccc12. The van der Waals surface area contributed by atoms with Gasteiger partial charge in [-0.3, -0.25) is 4.68 Å². The third kappa shape index (κ3) is 3.29. The van der Waals surface area contributed by atoms with E-state index >= 15 is 0 Å². The smallest absolute Gasteiger partial charge is 0.152 e. The molecule has 0 bridgehead atoms. The van der Waals surface area contributed by atoms with Crippen LogP contribution in [-0.4, -0.2) is 41.8 Å². The number of fused-ring (bicyclic) bond motifs is 2. The highest BCUT2D eigenvalue weighted by Gasteiger charge is 2.14. The van der Waals surface area contributed by atoms with Gasteiger partial charge in [-0.1, -0.05) is 29.5 Å². The minimum Gasteiger partial charge on any atom is -0.355 e. The number of nitrogens with zero attached hydrogens (tertiary/aromatic N) is 8. The Morgan fingerprint density at radius 1 is 0.966 bits per heavy atom. The zero-order valence-corrected chi connectivity index (χ0v) is 16.3. The molecule has 2 aromatic carbocycles. The first-order chi connectivity index (χ1) is 14.2. The van der Waals surface area contributed by atoms with E-state index in [1.807, 2.05) is 78.3 Å². The predicted octanol–water partition coefficient (Wildman–Crippen LogP) is 2.79. The van der Waals surface area contributed by atoms with E-state index in [-0.39, 0.29) is 0 Å². The van der Waals surface area contributed by atoms with Crippen LogP contribution in [0.3, 0.4) is 0 Å². The number of hydrogen-bond acceptors (Lipinski definition) is 6. The third-order valence-electron chi connectivity index (χ3n) is 4.88. The molecule has 3 heterocycles. The van der Waals surface area contributed by atoms with Crippen LogP contribution in [0.25, 0.3) is 21.9 Å². The van der Waals surface area contributed by atoms with Crippen molar-refractivity contribution in [3.05, 3.63) is 72.3 Å². The summed E-state index contributed by atoms with van der Waals surface area (Å²) in [7, 11) is 3.96. The average Bonchev–Trinajstić information content (AvgIpc) is 3.33. The highest BCUT2D eigenvalue weighted by molar-refractivity contribution is 5.89. The minimum absolute atomic E-state index is 0.457. The van der Waals surface area contributed by atoms with Gasteiger partial charge in [0.25, 0.3) is 0 Å². The molecular weight excluding hydrogens is 364 g/mol. The Labute approximate surface area is 167 Å². The van der Waals surface area contributed by atoms with Crippen molar-refractivity contribution in [2.24, 2.45) is 7.05 Å². The summed E-state index contributed by atoms with van der Waals surface area (Å²) in [5, 5.41) is 13.8. The maximum Gasteiger partial charge on any atom is 0.152 e. The number of hydrogen-bond donors (Lipinski definition) is 0. The Bertz CT molecular complexity index is 1300. The minimum atomic E-state index is 0.457. The highest BCUT2D eigenvalue weighted by atomic mass is 15.4. The van der Waals surface area contributed by atoms with Crippen molar-refractivity contribution in [3.8, 4) is 0 Å². The lowest BCUT2D eigenvalue weighted by Crippen LogP contribution is -2.19. The molecule has 0 radical (unpaired) electrons. The summed E-state index contributed by atoms with van der Waals surface area (Å²) >= 11 is 0. The Kier molecular flexibility index (Phi) is 4.16. The maximum atomic E-state index is 4.88. The second-order valence-corrected chi connectivity index (χ2v) is 7.09. The molecule has 0 aliphatic heterocycles. The number of rotatable bonds is 5. The van der Waals surface area contributed by atoms with Crippen molar-refractivity contribution in [1.29, 1.82) is 0 Å². The standard InChI is InChI=1S/C21H20N8/c1-27(12-15-11-22-28(2)13-15)21-16-7-3-4-8-17(16)23-20(24-21)14-29-19-10-6-5-9-18(19)25-26-29/h3-11,13H,12,14H2,1-2H3. The van der Waals surface area contributed by atoms with Gasteiger partial charge in [-0.25, -0.2) is 14.6 Å². The van der Waals surface area contributed by atoms with E-state index in [4.69, 9.17) is 9.97 Å². The quantitative estimate of drug-likeness (QED) is 0.464. The van der Waals surface area contributed by atoms with Crippen molar-refractivity contribution in [1.82, 2.24) is 34.7 Å². The van der Waals surface area contributed by atoms with E-state index in [0.717, 1.165) is 33.3 Å². The number of anilines is 1. The topological polar surface area (TPSA) is 77.5 Å². The van der Waals surface area contributed by atoms with Crippen LogP contribution in [0.15, 0.2) is 60.9 Å². The zero-order valence-electron chi connectivity index (χ0n) is 16.3. The summed E-state index contributed by atoms with van der Waals surface area (Å²) in [5.74, 6) is 1.59. The monoisotopic (exact) mass is 384 g/mol. The normalized spacial score (nSPS) is 11.4. The second-order valence-electron chi connectivity index (χ2n) is 7.09. The summed E-state index contributed by atoms with van der Waals surface area (Å²) in [5.41, 5.74) is 3.87. The molecule has 0 fully saturated rings. The van der Waals surface area contributed by atoms with Crippen molar-refractivity contribution in [2.75, 3.05) is 11.9 Å². The van der Waals surface area contributed by atoms with Gasteiger partial charge in [0.05, 0.1) is 17.2 Å². The number of benzene rings is 2. The second kappa shape index (κ2) is 6.97. The van der Waals surface area contributed by atoms with Crippen LogP contribution in [-0.2, 0) is 20.1 Å². The molecule has 0 amide bonds. The molecule has 0 unspecified atom stereocenters. The largest absolute Gasteiger partial charge is 0.355 e. The van der Waals surface area contributed by atoms with Gasteiger partial charge in [0.1, 0.15) is 17.9 Å². The van der Waals surface area contributed by atoms with E-state index in [1.165, 1.54) is 0 Å². The molecule has 144 valence electrons. The molecule has 8 nitrogen and oxygen atoms in total. The van der Waals surface area contributed by atoms with Gasteiger partial charge in [-0.2, -0.15) is 5.10 Å². The average molecular weight is 384 g/mol. The van der Waals surface area contributed by atoms with Gasteiger partial charge in [-0.05, 0) is 24.3 Å². The van der Waals surface area contributed by atoms with Crippen LogP contribution in [0.4, 0.5) is 5.82 Å². The Morgan fingerprint density at radius 3 is 2.59 bits per heavy atom. The summed E-state index contributed by atoms with van der Waals surface area (Å²) in [6.07, 6.45) is 3.89. The zero-order chi connectivity index (χ0) is 19.8. The van der Waals surface area contributed by atoms with Crippen LogP contribution in [0, 0.1) is 0 Å². The van der Waals surface area contributed by atoms with Gasteiger partial charge in [-0.15, -0.1) is 5.10 Å². The first-order valence-corrected chi connectivity index (χ1v) is 9.40. The van der Waals surface area contributed by atoms with Crippen LogP contribution < -0.4 is 4.90 Å². The lowest BCUT2D eigenvalue weighted by Gasteiger charge is -2.20. The fraction of sp³-hybridized carbons (Fsp3) is 0.190. The molecule has 0 saturated carbocycles. The van der Waals surface area contributed by atoms with Gasteiger partial charge in [0.2, 0.25) is 0 Å². The molecule has 3 aromatic heterocycles. The van der Waals surface area contributed by atoms with E-state index in [2.05, 4.69) is 26.4 Å². The molecule has 0 N–H and O–H groups in total. The fourth-order valence-corrected chi connectivity index (χ4v) is 3.54. The number of aryl methyl sites for hydroxylation is 1. The first kappa shape index (κ1) is 17.3. The molecule has 0 saturated heterocycles. The summed E-state index contributed by atoms with van der Waals surface area (Å²) in [6.45, 7) is 1.17. The van der Waals surface area contributed by atoms with Gasteiger partial charge in [0, 0.05) is 37.8 Å². The van der Waals surface area contributed by atoms with Crippen molar-refractivity contribution in [2.45, 2.75) is 13.1 Å². The van der Waals surface area contributed by atoms with E-state index < -0.39 is 0 Å². The molecule has 0 atom stereocenters.